The first-order chi connectivity index (χ1) is 8.08. The molecule has 0 bridgehead atoms. The summed E-state index contributed by atoms with van der Waals surface area (Å²) in [7, 11) is 0. The molecule has 5 heteroatoms. The van der Waals surface area contributed by atoms with Crippen LogP contribution in [0, 0.1) is 0 Å². The zero-order valence-electron chi connectivity index (χ0n) is 10.00. The van der Waals surface area contributed by atoms with Crippen LogP contribution in [0.25, 0.3) is 0 Å². The predicted molar refractivity (Wildman–Crippen MR) is 68.6 cm³/mol. The first kappa shape index (κ1) is 13.6. The van der Waals surface area contributed by atoms with E-state index in [1.54, 1.807) is 12.1 Å². The van der Waals surface area contributed by atoms with Gasteiger partial charge in [-0.2, -0.15) is 0 Å². The maximum atomic E-state index is 11.2. The lowest BCUT2D eigenvalue weighted by molar-refractivity contribution is 0.234. The molecule has 0 saturated carbocycles. The average Bonchev–Trinajstić information content (AvgIpc) is 2.23. The van der Waals surface area contributed by atoms with Gasteiger partial charge in [0, 0.05) is 11.1 Å². The Morgan fingerprint density at radius 3 is 2.88 bits per heavy atom. The molecular weight excluding hydrogens is 240 g/mol. The summed E-state index contributed by atoms with van der Waals surface area (Å²) >= 11 is 5.81. The number of hydrogen-bond donors (Lipinski definition) is 2. The highest BCUT2D eigenvalue weighted by Crippen LogP contribution is 2.16. The van der Waals surface area contributed by atoms with Crippen molar-refractivity contribution < 1.29 is 9.53 Å². The van der Waals surface area contributed by atoms with E-state index < -0.39 is 0 Å². The monoisotopic (exact) mass is 256 g/mol. The summed E-state index contributed by atoms with van der Waals surface area (Å²) in [6.07, 6.45) is 0. The third kappa shape index (κ3) is 6.02. The third-order valence-corrected chi connectivity index (χ3v) is 2.11. The molecule has 0 spiro atoms. The van der Waals surface area contributed by atoms with E-state index in [9.17, 15) is 4.79 Å². The summed E-state index contributed by atoms with van der Waals surface area (Å²) in [6.45, 7) is 4.67. The van der Waals surface area contributed by atoms with Crippen LogP contribution >= 0.6 is 11.6 Å². The van der Waals surface area contributed by atoms with Crippen LogP contribution in [0.1, 0.15) is 13.8 Å². The van der Waals surface area contributed by atoms with Crippen LogP contribution in [0.3, 0.4) is 0 Å². The minimum Gasteiger partial charge on any atom is -0.492 e. The van der Waals surface area contributed by atoms with E-state index in [0.29, 0.717) is 23.9 Å². The molecule has 17 heavy (non-hydrogen) atoms. The molecule has 0 aliphatic heterocycles. The zero-order chi connectivity index (χ0) is 12.7. The highest BCUT2D eigenvalue weighted by Gasteiger charge is 2.01. The van der Waals surface area contributed by atoms with E-state index >= 15 is 0 Å². The molecule has 1 rings (SSSR count). The van der Waals surface area contributed by atoms with Crippen LogP contribution in [-0.4, -0.2) is 25.2 Å². The molecule has 4 nitrogen and oxygen atoms in total. The van der Waals surface area contributed by atoms with Crippen molar-refractivity contribution in [1.82, 2.24) is 10.6 Å². The number of urea groups is 1. The van der Waals surface area contributed by atoms with Gasteiger partial charge in [-0.25, -0.2) is 4.79 Å². The maximum Gasteiger partial charge on any atom is 0.315 e. The number of rotatable bonds is 5. The molecule has 0 radical (unpaired) electrons. The molecule has 0 unspecified atom stereocenters. The van der Waals surface area contributed by atoms with Gasteiger partial charge in [0.1, 0.15) is 12.4 Å². The van der Waals surface area contributed by atoms with Gasteiger partial charge in [-0.3, -0.25) is 0 Å². The molecule has 1 aromatic rings. The van der Waals surface area contributed by atoms with Gasteiger partial charge in [0.05, 0.1) is 6.54 Å². The van der Waals surface area contributed by atoms with Gasteiger partial charge in [0.2, 0.25) is 0 Å². The van der Waals surface area contributed by atoms with Gasteiger partial charge in [-0.15, -0.1) is 0 Å². The largest absolute Gasteiger partial charge is 0.492 e. The Balaban J connectivity index is 2.18. The van der Waals surface area contributed by atoms with E-state index in [-0.39, 0.29) is 12.1 Å². The highest BCUT2D eigenvalue weighted by atomic mass is 35.5. The molecule has 0 heterocycles. The average molecular weight is 257 g/mol. The van der Waals surface area contributed by atoms with Crippen molar-refractivity contribution in [3.8, 4) is 5.75 Å². The molecule has 2 amide bonds. The van der Waals surface area contributed by atoms with E-state index in [0.717, 1.165) is 0 Å². The zero-order valence-corrected chi connectivity index (χ0v) is 10.8. The third-order valence-electron chi connectivity index (χ3n) is 1.87. The molecule has 0 aromatic heterocycles. The van der Waals surface area contributed by atoms with Crippen molar-refractivity contribution in [3.05, 3.63) is 29.3 Å². The standard InChI is InChI=1S/C12H17ClN2O2/c1-9(2)15-12(16)14-6-7-17-11-5-3-4-10(13)8-11/h3-5,8-9H,6-7H2,1-2H3,(H2,14,15,16). The van der Waals surface area contributed by atoms with Gasteiger partial charge < -0.3 is 15.4 Å². The number of nitrogens with one attached hydrogen (secondary N) is 2. The van der Waals surface area contributed by atoms with E-state index in [2.05, 4.69) is 10.6 Å². The van der Waals surface area contributed by atoms with Crippen LogP contribution in [0.15, 0.2) is 24.3 Å². The van der Waals surface area contributed by atoms with Crippen molar-refractivity contribution in [2.24, 2.45) is 0 Å². The second-order valence-corrected chi connectivity index (χ2v) is 4.30. The van der Waals surface area contributed by atoms with Gasteiger partial charge in [0.25, 0.3) is 0 Å². The van der Waals surface area contributed by atoms with Crippen molar-refractivity contribution in [2.45, 2.75) is 19.9 Å². The van der Waals surface area contributed by atoms with Crippen molar-refractivity contribution in [1.29, 1.82) is 0 Å². The van der Waals surface area contributed by atoms with Gasteiger partial charge in [-0.05, 0) is 32.0 Å². The van der Waals surface area contributed by atoms with Gasteiger partial charge in [0.15, 0.2) is 0 Å². The summed E-state index contributed by atoms with van der Waals surface area (Å²) in [5.41, 5.74) is 0. The lowest BCUT2D eigenvalue weighted by Gasteiger charge is -2.10. The fourth-order valence-corrected chi connectivity index (χ4v) is 1.38. The molecule has 0 aliphatic rings. The Bertz CT molecular complexity index is 369. The number of amides is 2. The molecular formula is C12H17ClN2O2. The van der Waals surface area contributed by atoms with Crippen LogP contribution in [0.5, 0.6) is 5.75 Å². The van der Waals surface area contributed by atoms with Gasteiger partial charge >= 0.3 is 6.03 Å². The second kappa shape index (κ2) is 7.01. The van der Waals surface area contributed by atoms with Crippen molar-refractivity contribution >= 4 is 17.6 Å². The Morgan fingerprint density at radius 1 is 1.47 bits per heavy atom. The fraction of sp³-hybridized carbons (Fsp3) is 0.417. The lowest BCUT2D eigenvalue weighted by Crippen LogP contribution is -2.41. The summed E-state index contributed by atoms with van der Waals surface area (Å²) in [5.74, 6) is 0.698. The Kier molecular flexibility index (Phi) is 5.63. The summed E-state index contributed by atoms with van der Waals surface area (Å²) < 4.78 is 5.42. The maximum absolute atomic E-state index is 11.2. The smallest absolute Gasteiger partial charge is 0.315 e. The van der Waals surface area contributed by atoms with Crippen LogP contribution < -0.4 is 15.4 Å². The first-order valence-corrected chi connectivity index (χ1v) is 5.88. The Morgan fingerprint density at radius 2 is 2.24 bits per heavy atom. The van der Waals surface area contributed by atoms with Crippen LogP contribution in [-0.2, 0) is 0 Å². The molecule has 2 N–H and O–H groups in total. The molecule has 0 fully saturated rings. The van der Waals surface area contributed by atoms with Gasteiger partial charge in [-0.1, -0.05) is 17.7 Å². The quantitative estimate of drug-likeness (QED) is 0.795. The number of carbonyl (C=O) groups is 1. The minimum absolute atomic E-state index is 0.129. The highest BCUT2D eigenvalue weighted by molar-refractivity contribution is 6.30. The lowest BCUT2D eigenvalue weighted by atomic mass is 10.3. The van der Waals surface area contributed by atoms with Crippen molar-refractivity contribution in [2.75, 3.05) is 13.2 Å². The van der Waals surface area contributed by atoms with E-state index in [4.69, 9.17) is 16.3 Å². The molecule has 0 saturated heterocycles. The molecule has 0 atom stereocenters. The Hall–Kier alpha value is -1.42. The number of carbonyl (C=O) groups excluding carboxylic acids is 1. The summed E-state index contributed by atoms with van der Waals surface area (Å²) in [4.78, 5) is 11.2. The number of benzene rings is 1. The predicted octanol–water partition coefficient (Wildman–Crippen LogP) is 2.43. The molecule has 94 valence electrons. The second-order valence-electron chi connectivity index (χ2n) is 3.86. The van der Waals surface area contributed by atoms with E-state index in [1.165, 1.54) is 0 Å². The fourth-order valence-electron chi connectivity index (χ4n) is 1.20. The first-order valence-electron chi connectivity index (χ1n) is 5.50. The van der Waals surface area contributed by atoms with Crippen molar-refractivity contribution in [3.63, 3.8) is 0 Å². The normalized spacial score (nSPS) is 10.1. The number of ether oxygens (including phenoxy) is 1. The number of halogens is 1. The molecule has 1 aromatic carbocycles. The topological polar surface area (TPSA) is 50.4 Å². The van der Waals surface area contributed by atoms with Crippen LogP contribution in [0.4, 0.5) is 4.79 Å². The summed E-state index contributed by atoms with van der Waals surface area (Å²) in [5, 5.41) is 6.05. The van der Waals surface area contributed by atoms with E-state index in [1.807, 2.05) is 26.0 Å². The number of hydrogen-bond acceptors (Lipinski definition) is 2. The molecule has 0 aliphatic carbocycles. The van der Waals surface area contributed by atoms with Crippen LogP contribution in [0.2, 0.25) is 5.02 Å². The Labute approximate surface area is 106 Å². The minimum atomic E-state index is -0.185. The SMILES string of the molecule is CC(C)NC(=O)NCCOc1cccc(Cl)c1. The summed E-state index contributed by atoms with van der Waals surface area (Å²) in [6, 6.07) is 7.09.